The summed E-state index contributed by atoms with van der Waals surface area (Å²) in [4.78, 5) is 0. The van der Waals surface area contributed by atoms with E-state index in [4.69, 9.17) is 14.2 Å². The number of hydrogen-bond donors (Lipinski definition) is 1. The van der Waals surface area contributed by atoms with E-state index in [0.29, 0.717) is 25.4 Å². The van der Waals surface area contributed by atoms with Gasteiger partial charge in [-0.25, -0.2) is 0 Å². The molecule has 2 unspecified atom stereocenters. The molecule has 2 aliphatic rings. The maximum Gasteiger partial charge on any atom is 0.0813 e. The Labute approximate surface area is 117 Å². The average molecular weight is 271 g/mol. The molecule has 0 bridgehead atoms. The third-order valence-corrected chi connectivity index (χ3v) is 3.73. The molecule has 0 radical (unpaired) electrons. The summed E-state index contributed by atoms with van der Waals surface area (Å²) in [5.41, 5.74) is 0. The molecule has 1 aliphatic heterocycles. The second-order valence-corrected chi connectivity index (χ2v) is 5.68. The molecule has 112 valence electrons. The van der Waals surface area contributed by atoms with Crippen LogP contribution in [0, 0.1) is 0 Å². The first kappa shape index (κ1) is 15.2. The maximum atomic E-state index is 5.96. The molecule has 4 heteroatoms. The van der Waals surface area contributed by atoms with Crippen LogP contribution in [0.1, 0.15) is 45.4 Å². The summed E-state index contributed by atoms with van der Waals surface area (Å²) in [6, 6.07) is 0.777. The standard InChI is InChI=1S/C15H29NO3/c1-2-3-8-17-9-10-18-12-15-7-6-14(19-15)11-16-13-4-5-13/h13-16H,2-12H2,1H3. The summed E-state index contributed by atoms with van der Waals surface area (Å²) in [6.07, 6.45) is 8.01. The van der Waals surface area contributed by atoms with Gasteiger partial charge in [0, 0.05) is 19.2 Å². The topological polar surface area (TPSA) is 39.7 Å². The fraction of sp³-hybridized carbons (Fsp3) is 1.00. The summed E-state index contributed by atoms with van der Waals surface area (Å²) in [6.45, 7) is 6.16. The largest absolute Gasteiger partial charge is 0.379 e. The summed E-state index contributed by atoms with van der Waals surface area (Å²) in [7, 11) is 0. The van der Waals surface area contributed by atoms with E-state index < -0.39 is 0 Å². The minimum atomic E-state index is 0.293. The smallest absolute Gasteiger partial charge is 0.0813 e. The predicted molar refractivity (Wildman–Crippen MR) is 75.5 cm³/mol. The van der Waals surface area contributed by atoms with Gasteiger partial charge >= 0.3 is 0 Å². The molecule has 2 atom stereocenters. The Kier molecular flexibility index (Phi) is 7.14. The molecule has 19 heavy (non-hydrogen) atoms. The van der Waals surface area contributed by atoms with Crippen LogP contribution in [0.5, 0.6) is 0 Å². The van der Waals surface area contributed by atoms with Crippen molar-refractivity contribution in [3.05, 3.63) is 0 Å². The Bertz CT molecular complexity index is 233. The van der Waals surface area contributed by atoms with Crippen LogP contribution < -0.4 is 5.32 Å². The van der Waals surface area contributed by atoms with Gasteiger partial charge in [-0.15, -0.1) is 0 Å². The van der Waals surface area contributed by atoms with E-state index in [-0.39, 0.29) is 0 Å². The van der Waals surface area contributed by atoms with Crippen molar-refractivity contribution in [1.82, 2.24) is 5.32 Å². The summed E-state index contributed by atoms with van der Waals surface area (Å²) < 4.78 is 17.0. The molecule has 0 amide bonds. The second kappa shape index (κ2) is 8.90. The van der Waals surface area contributed by atoms with Gasteiger partial charge in [-0.1, -0.05) is 13.3 Å². The SMILES string of the molecule is CCCCOCCOCC1CCC(CNC2CC2)O1. The van der Waals surface area contributed by atoms with Crippen molar-refractivity contribution in [2.24, 2.45) is 0 Å². The predicted octanol–water partition coefficient (Wildman–Crippen LogP) is 2.12. The monoisotopic (exact) mass is 271 g/mol. The van der Waals surface area contributed by atoms with Crippen molar-refractivity contribution in [2.45, 2.75) is 63.7 Å². The van der Waals surface area contributed by atoms with E-state index in [9.17, 15) is 0 Å². The van der Waals surface area contributed by atoms with Crippen LogP contribution >= 0.6 is 0 Å². The highest BCUT2D eigenvalue weighted by Crippen LogP contribution is 2.22. The van der Waals surface area contributed by atoms with Gasteiger partial charge < -0.3 is 19.5 Å². The second-order valence-electron chi connectivity index (χ2n) is 5.68. The Hall–Kier alpha value is -0.160. The van der Waals surface area contributed by atoms with Gasteiger partial charge in [-0.2, -0.15) is 0 Å². The molecular formula is C15H29NO3. The van der Waals surface area contributed by atoms with Crippen LogP contribution in [-0.2, 0) is 14.2 Å². The van der Waals surface area contributed by atoms with E-state index in [1.807, 2.05) is 0 Å². The van der Waals surface area contributed by atoms with Crippen LogP contribution in [-0.4, -0.2) is 51.2 Å². The first-order valence-corrected chi connectivity index (χ1v) is 7.92. The third-order valence-electron chi connectivity index (χ3n) is 3.73. The lowest BCUT2D eigenvalue weighted by Crippen LogP contribution is -2.29. The normalized spacial score (nSPS) is 27.0. The zero-order valence-corrected chi connectivity index (χ0v) is 12.2. The third kappa shape index (κ3) is 6.70. The van der Waals surface area contributed by atoms with Crippen molar-refractivity contribution < 1.29 is 14.2 Å². The molecule has 0 aromatic rings. The van der Waals surface area contributed by atoms with Crippen LogP contribution in [0.25, 0.3) is 0 Å². The van der Waals surface area contributed by atoms with Gasteiger partial charge in [0.1, 0.15) is 0 Å². The lowest BCUT2D eigenvalue weighted by molar-refractivity contribution is -0.0286. The maximum absolute atomic E-state index is 5.96. The number of ether oxygens (including phenoxy) is 3. The van der Waals surface area contributed by atoms with Crippen LogP contribution in [0.3, 0.4) is 0 Å². The molecule has 0 aromatic heterocycles. The fourth-order valence-electron chi connectivity index (χ4n) is 2.32. The van der Waals surface area contributed by atoms with Gasteiger partial charge in [0.15, 0.2) is 0 Å². The van der Waals surface area contributed by atoms with Crippen LogP contribution in [0.2, 0.25) is 0 Å². The molecule has 1 saturated carbocycles. The zero-order valence-electron chi connectivity index (χ0n) is 12.2. The van der Waals surface area contributed by atoms with Gasteiger partial charge in [0.2, 0.25) is 0 Å². The summed E-state index contributed by atoms with van der Waals surface area (Å²) >= 11 is 0. The Balaban J connectivity index is 1.39. The van der Waals surface area contributed by atoms with Crippen molar-refractivity contribution in [3.63, 3.8) is 0 Å². The quantitative estimate of drug-likeness (QED) is 0.584. The van der Waals surface area contributed by atoms with Crippen molar-refractivity contribution >= 4 is 0 Å². The number of nitrogens with one attached hydrogen (secondary N) is 1. The summed E-state index contributed by atoms with van der Waals surface area (Å²) in [5, 5.41) is 3.53. The van der Waals surface area contributed by atoms with Crippen molar-refractivity contribution in [2.75, 3.05) is 33.0 Å². The lowest BCUT2D eigenvalue weighted by atomic mass is 10.2. The molecule has 0 spiro atoms. The molecule has 1 heterocycles. The number of hydrogen-bond acceptors (Lipinski definition) is 4. The summed E-state index contributed by atoms with van der Waals surface area (Å²) in [5.74, 6) is 0. The first-order chi connectivity index (χ1) is 9.38. The van der Waals surface area contributed by atoms with Gasteiger partial charge in [0.05, 0.1) is 32.0 Å². The van der Waals surface area contributed by atoms with E-state index in [1.165, 1.54) is 25.7 Å². The van der Waals surface area contributed by atoms with E-state index >= 15 is 0 Å². The van der Waals surface area contributed by atoms with Gasteiger partial charge in [-0.3, -0.25) is 0 Å². The van der Waals surface area contributed by atoms with E-state index in [2.05, 4.69) is 12.2 Å². The average Bonchev–Trinajstić information content (AvgIpc) is 3.15. The highest BCUT2D eigenvalue weighted by Gasteiger charge is 2.27. The number of unbranched alkanes of at least 4 members (excludes halogenated alkanes) is 1. The number of rotatable bonds is 11. The minimum Gasteiger partial charge on any atom is -0.379 e. The van der Waals surface area contributed by atoms with Crippen LogP contribution in [0.4, 0.5) is 0 Å². The highest BCUT2D eigenvalue weighted by molar-refractivity contribution is 4.84. The molecule has 4 nitrogen and oxygen atoms in total. The van der Waals surface area contributed by atoms with Gasteiger partial charge in [-0.05, 0) is 32.1 Å². The Morgan fingerprint density at radius 3 is 2.58 bits per heavy atom. The molecular weight excluding hydrogens is 242 g/mol. The van der Waals surface area contributed by atoms with Crippen molar-refractivity contribution in [3.8, 4) is 0 Å². The van der Waals surface area contributed by atoms with E-state index in [0.717, 1.165) is 38.6 Å². The van der Waals surface area contributed by atoms with E-state index in [1.54, 1.807) is 0 Å². The van der Waals surface area contributed by atoms with Gasteiger partial charge in [0.25, 0.3) is 0 Å². The minimum absolute atomic E-state index is 0.293. The zero-order chi connectivity index (χ0) is 13.3. The Morgan fingerprint density at radius 1 is 1.00 bits per heavy atom. The molecule has 1 N–H and O–H groups in total. The molecule has 0 aromatic carbocycles. The molecule has 2 rings (SSSR count). The lowest BCUT2D eigenvalue weighted by Gasteiger charge is -2.14. The molecule has 1 aliphatic carbocycles. The van der Waals surface area contributed by atoms with Crippen molar-refractivity contribution in [1.29, 1.82) is 0 Å². The molecule has 2 fully saturated rings. The highest BCUT2D eigenvalue weighted by atomic mass is 16.6. The Morgan fingerprint density at radius 2 is 1.79 bits per heavy atom. The first-order valence-electron chi connectivity index (χ1n) is 7.92. The fourth-order valence-corrected chi connectivity index (χ4v) is 2.32. The molecule has 1 saturated heterocycles. The van der Waals surface area contributed by atoms with Crippen LogP contribution in [0.15, 0.2) is 0 Å².